The summed E-state index contributed by atoms with van der Waals surface area (Å²) >= 11 is 0. The van der Waals surface area contributed by atoms with E-state index in [0.717, 1.165) is 16.9 Å². The van der Waals surface area contributed by atoms with Gasteiger partial charge in [0.05, 0.1) is 43.1 Å². The fraction of sp³-hybridized carbons (Fsp3) is 0.344. The fourth-order valence-corrected chi connectivity index (χ4v) is 5.43. The number of benzene rings is 2. The minimum absolute atomic E-state index is 0.0593. The Bertz CT molecular complexity index is 1740. The second-order valence-electron chi connectivity index (χ2n) is 10.5. The van der Waals surface area contributed by atoms with Crippen LogP contribution < -0.4 is 14.9 Å². The number of fused-ring (bicyclic) bond motifs is 2. The Balaban J connectivity index is 1.39. The van der Waals surface area contributed by atoms with Crippen molar-refractivity contribution < 1.29 is 33.5 Å². The molecule has 12 heteroatoms. The molecule has 3 amide bonds. The minimum Gasteiger partial charge on any atom is -0.491 e. The van der Waals surface area contributed by atoms with Crippen LogP contribution in [-0.4, -0.2) is 82.3 Å². The molecule has 4 aromatic rings. The molecular formula is C32H36N5O7+. The first-order chi connectivity index (χ1) is 21.2. The second kappa shape index (κ2) is 13.2. The highest BCUT2D eigenvalue weighted by atomic mass is 16.5. The lowest BCUT2D eigenvalue weighted by atomic mass is 10.1. The van der Waals surface area contributed by atoms with Gasteiger partial charge >= 0.3 is 0 Å². The van der Waals surface area contributed by atoms with Crippen molar-refractivity contribution in [2.24, 2.45) is 0 Å². The number of rotatable bonds is 13. The Morgan fingerprint density at radius 1 is 0.932 bits per heavy atom. The van der Waals surface area contributed by atoms with Crippen molar-refractivity contribution >= 4 is 28.8 Å². The number of carbonyl (C=O) groups is 3. The van der Waals surface area contributed by atoms with E-state index in [1.165, 1.54) is 32.7 Å². The molecule has 3 heterocycles. The SMILES string of the molecule is CC[n+]1c(CN2C(=O)c3ccccc3C2=O)n(CCOCCn2cc(C(=O)N(C)C)ccc2=O)c2cc(OCCO)ccc21. The highest BCUT2D eigenvalue weighted by Crippen LogP contribution is 2.26. The van der Waals surface area contributed by atoms with Gasteiger partial charge in [0.2, 0.25) is 0 Å². The normalized spacial score (nSPS) is 12.7. The van der Waals surface area contributed by atoms with E-state index in [0.29, 0.717) is 35.5 Å². The average Bonchev–Trinajstić information content (AvgIpc) is 3.45. The summed E-state index contributed by atoms with van der Waals surface area (Å²) in [5.41, 5.74) is 2.67. The molecule has 0 atom stereocenters. The lowest BCUT2D eigenvalue weighted by Crippen LogP contribution is -2.42. The lowest BCUT2D eigenvalue weighted by molar-refractivity contribution is -0.677. The molecule has 0 bridgehead atoms. The largest absolute Gasteiger partial charge is 0.491 e. The van der Waals surface area contributed by atoms with E-state index in [9.17, 15) is 24.3 Å². The predicted octanol–water partition coefficient (Wildman–Crippen LogP) is 1.70. The molecule has 1 aliphatic rings. The van der Waals surface area contributed by atoms with Crippen molar-refractivity contribution in [2.45, 2.75) is 33.1 Å². The third-order valence-electron chi connectivity index (χ3n) is 7.58. The highest BCUT2D eigenvalue weighted by molar-refractivity contribution is 6.21. The van der Waals surface area contributed by atoms with Gasteiger partial charge in [-0.3, -0.25) is 24.1 Å². The number of ether oxygens (including phenoxy) is 2. The van der Waals surface area contributed by atoms with E-state index >= 15 is 0 Å². The number of imide groups is 1. The van der Waals surface area contributed by atoms with Crippen LogP contribution in [0.1, 0.15) is 43.8 Å². The third-order valence-corrected chi connectivity index (χ3v) is 7.58. The van der Waals surface area contributed by atoms with Gasteiger partial charge in [-0.05, 0) is 37.3 Å². The number of hydrogen-bond acceptors (Lipinski definition) is 7. The molecule has 0 saturated carbocycles. The first-order valence-corrected chi connectivity index (χ1v) is 14.5. The number of aromatic nitrogens is 3. The van der Waals surface area contributed by atoms with Crippen LogP contribution in [0.4, 0.5) is 0 Å². The number of nitrogens with zero attached hydrogens (tertiary/aromatic N) is 5. The quantitative estimate of drug-likeness (QED) is 0.140. The molecule has 5 rings (SSSR count). The standard InChI is InChI=1S/C32H36N5O7/c1-4-35-26-11-10-23(44-18-15-38)19-27(26)36(28(35)21-37-31(41)24-7-5-6-8-25(24)32(37)42)14-17-43-16-13-34-20-22(9-12-29(34)39)30(40)33(2)3/h5-12,19-20,38H,4,13-18,21H2,1-3H3/q+1. The van der Waals surface area contributed by atoms with Crippen molar-refractivity contribution in [1.82, 2.24) is 18.9 Å². The predicted molar refractivity (Wildman–Crippen MR) is 161 cm³/mol. The van der Waals surface area contributed by atoms with Gasteiger partial charge < -0.3 is 24.0 Å². The Kier molecular flexibility index (Phi) is 9.21. The van der Waals surface area contributed by atoms with Gasteiger partial charge in [0.1, 0.15) is 25.4 Å². The van der Waals surface area contributed by atoms with Crippen molar-refractivity contribution in [3.63, 3.8) is 0 Å². The van der Waals surface area contributed by atoms with Crippen LogP contribution >= 0.6 is 0 Å². The number of imidazole rings is 1. The summed E-state index contributed by atoms with van der Waals surface area (Å²) in [4.78, 5) is 53.9. The zero-order valence-corrected chi connectivity index (χ0v) is 25.1. The zero-order valence-electron chi connectivity index (χ0n) is 25.1. The number of hydrogen-bond donors (Lipinski definition) is 1. The summed E-state index contributed by atoms with van der Waals surface area (Å²) in [7, 11) is 3.30. The number of amides is 3. The van der Waals surface area contributed by atoms with Gasteiger partial charge in [-0.1, -0.05) is 12.1 Å². The summed E-state index contributed by atoms with van der Waals surface area (Å²) in [5.74, 6) is 0.443. The molecular weight excluding hydrogens is 566 g/mol. The fourth-order valence-electron chi connectivity index (χ4n) is 5.43. The van der Waals surface area contributed by atoms with Gasteiger partial charge in [0, 0.05) is 39.0 Å². The maximum Gasteiger partial charge on any atom is 0.278 e. The third kappa shape index (κ3) is 5.99. The van der Waals surface area contributed by atoms with E-state index < -0.39 is 0 Å². The molecule has 12 nitrogen and oxygen atoms in total. The van der Waals surface area contributed by atoms with Crippen LogP contribution in [0.5, 0.6) is 5.75 Å². The first kappa shape index (κ1) is 30.6. The van der Waals surface area contributed by atoms with E-state index in [2.05, 4.69) is 4.57 Å². The molecule has 44 heavy (non-hydrogen) atoms. The monoisotopic (exact) mass is 602 g/mol. The summed E-state index contributed by atoms with van der Waals surface area (Å²) in [6, 6.07) is 15.3. The number of carbonyl (C=O) groups excluding carboxylic acids is 3. The molecule has 1 aliphatic heterocycles. The van der Waals surface area contributed by atoms with Crippen molar-refractivity contribution in [3.8, 4) is 5.75 Å². The van der Waals surface area contributed by atoms with Crippen LogP contribution in [0.15, 0.2) is 65.6 Å². The summed E-state index contributed by atoms with van der Waals surface area (Å²) in [6.07, 6.45) is 1.53. The average molecular weight is 603 g/mol. The molecule has 2 aromatic carbocycles. The van der Waals surface area contributed by atoms with Gasteiger partial charge in [-0.15, -0.1) is 0 Å². The van der Waals surface area contributed by atoms with E-state index in [1.807, 2.05) is 29.7 Å². The Labute approximate surface area is 254 Å². The Morgan fingerprint density at radius 3 is 2.30 bits per heavy atom. The molecule has 0 spiro atoms. The van der Waals surface area contributed by atoms with Crippen LogP contribution in [0, 0.1) is 0 Å². The molecule has 230 valence electrons. The van der Waals surface area contributed by atoms with Gasteiger partial charge in [0.25, 0.3) is 29.1 Å². The number of aryl methyl sites for hydroxylation is 1. The van der Waals surface area contributed by atoms with Gasteiger partial charge in [0.15, 0.2) is 11.0 Å². The maximum atomic E-state index is 13.2. The topological polar surface area (TPSA) is 127 Å². The molecule has 0 saturated heterocycles. The van der Waals surface area contributed by atoms with Crippen LogP contribution in [-0.2, 0) is 30.9 Å². The molecule has 1 N–H and O–H groups in total. The van der Waals surface area contributed by atoms with Gasteiger partial charge in [-0.25, -0.2) is 9.13 Å². The number of aliphatic hydroxyl groups excluding tert-OH is 1. The van der Waals surface area contributed by atoms with Crippen molar-refractivity contribution in [3.05, 3.63) is 93.7 Å². The van der Waals surface area contributed by atoms with Gasteiger partial charge in [-0.2, -0.15) is 0 Å². The van der Waals surface area contributed by atoms with Crippen LogP contribution in [0.25, 0.3) is 11.0 Å². The Morgan fingerprint density at radius 2 is 1.64 bits per heavy atom. The molecule has 2 aromatic heterocycles. The summed E-state index contributed by atoms with van der Waals surface area (Å²) in [5, 5.41) is 9.24. The maximum absolute atomic E-state index is 13.2. The first-order valence-electron chi connectivity index (χ1n) is 14.5. The second-order valence-corrected chi connectivity index (χ2v) is 10.5. The lowest BCUT2D eigenvalue weighted by Gasteiger charge is -2.14. The minimum atomic E-state index is -0.339. The molecule has 0 fully saturated rings. The smallest absolute Gasteiger partial charge is 0.278 e. The highest BCUT2D eigenvalue weighted by Gasteiger charge is 2.38. The zero-order chi connectivity index (χ0) is 31.4. The Hall–Kier alpha value is -4.81. The summed E-state index contributed by atoms with van der Waals surface area (Å²) in [6.45, 7) is 3.81. The summed E-state index contributed by atoms with van der Waals surface area (Å²) < 4.78 is 17.1. The van der Waals surface area contributed by atoms with E-state index in [4.69, 9.17) is 9.47 Å². The van der Waals surface area contributed by atoms with Crippen molar-refractivity contribution in [2.75, 3.05) is 40.5 Å². The number of pyridine rings is 1. The number of aliphatic hydroxyl groups is 1. The molecule has 0 unspecified atom stereocenters. The van der Waals surface area contributed by atoms with Crippen molar-refractivity contribution in [1.29, 1.82) is 0 Å². The van der Waals surface area contributed by atoms with Crippen LogP contribution in [0.3, 0.4) is 0 Å². The van der Waals surface area contributed by atoms with E-state index in [-0.39, 0.29) is 62.8 Å². The molecule has 0 aliphatic carbocycles. The molecule has 0 radical (unpaired) electrons. The van der Waals surface area contributed by atoms with E-state index in [1.54, 1.807) is 38.4 Å². The van der Waals surface area contributed by atoms with Crippen LogP contribution in [0.2, 0.25) is 0 Å².